The average molecular weight is 329 g/mol. The number of rotatable bonds is 2. The van der Waals surface area contributed by atoms with Gasteiger partial charge in [-0.1, -0.05) is 59.4 Å². The highest BCUT2D eigenvalue weighted by atomic mass is 32.2. The summed E-state index contributed by atoms with van der Waals surface area (Å²) in [7, 11) is 0. The Morgan fingerprint density at radius 3 is 2.42 bits per heavy atom. The number of hydrogen-bond acceptors (Lipinski definition) is 4. The predicted molar refractivity (Wildman–Crippen MR) is 93.4 cm³/mol. The smallest absolute Gasteiger partial charge is 0.195 e. The predicted octanol–water partition coefficient (Wildman–Crippen LogP) is 5.19. The number of carbonyl (C=O) groups is 1. The molecule has 3 aromatic carbocycles. The minimum absolute atomic E-state index is 0.0327. The first kappa shape index (κ1) is 13.6. The van der Waals surface area contributed by atoms with Crippen LogP contribution in [0.25, 0.3) is 22.2 Å². The molecule has 1 aliphatic rings. The first-order chi connectivity index (χ1) is 11.8. The van der Waals surface area contributed by atoms with Gasteiger partial charge < -0.3 is 4.52 Å². The SMILES string of the molecule is O=C1c2ccccc2-c2onc3ccc(Sc4ccccc4)c1c23. The molecule has 5 rings (SSSR count). The Bertz CT molecular complexity index is 1100. The van der Waals surface area contributed by atoms with E-state index in [1.54, 1.807) is 11.8 Å². The molecular formula is C20H11NO2S. The van der Waals surface area contributed by atoms with Crippen LogP contribution in [-0.4, -0.2) is 10.9 Å². The first-order valence-corrected chi connectivity index (χ1v) is 8.44. The van der Waals surface area contributed by atoms with Crippen molar-refractivity contribution in [3.63, 3.8) is 0 Å². The van der Waals surface area contributed by atoms with Crippen molar-refractivity contribution in [2.24, 2.45) is 0 Å². The van der Waals surface area contributed by atoms with Crippen molar-refractivity contribution in [2.45, 2.75) is 9.79 Å². The molecule has 0 atom stereocenters. The van der Waals surface area contributed by atoms with Crippen molar-refractivity contribution >= 4 is 28.4 Å². The molecule has 0 bridgehead atoms. The van der Waals surface area contributed by atoms with Crippen molar-refractivity contribution < 1.29 is 9.32 Å². The molecule has 114 valence electrons. The quantitative estimate of drug-likeness (QED) is 0.447. The van der Waals surface area contributed by atoms with Gasteiger partial charge >= 0.3 is 0 Å². The van der Waals surface area contributed by atoms with Crippen LogP contribution in [0.5, 0.6) is 0 Å². The topological polar surface area (TPSA) is 43.1 Å². The standard InChI is InChI=1S/C20H11NO2S/c22-19-13-8-4-5-9-14(13)20-17-15(21-23-20)10-11-16(18(17)19)24-12-6-2-1-3-7-12/h1-11H. The van der Waals surface area contributed by atoms with Gasteiger partial charge in [-0.25, -0.2) is 0 Å². The zero-order valence-electron chi connectivity index (χ0n) is 12.5. The van der Waals surface area contributed by atoms with Crippen molar-refractivity contribution in [3.05, 3.63) is 77.9 Å². The number of nitrogens with zero attached hydrogens (tertiary/aromatic N) is 1. The van der Waals surface area contributed by atoms with E-state index in [2.05, 4.69) is 5.16 Å². The van der Waals surface area contributed by atoms with Gasteiger partial charge in [-0.2, -0.15) is 0 Å². The second-order valence-corrected chi connectivity index (χ2v) is 6.75. The molecule has 1 aromatic heterocycles. The first-order valence-electron chi connectivity index (χ1n) is 7.62. The molecule has 0 saturated carbocycles. The van der Waals surface area contributed by atoms with Gasteiger partial charge in [-0.15, -0.1) is 0 Å². The van der Waals surface area contributed by atoms with E-state index in [0.29, 0.717) is 16.9 Å². The highest BCUT2D eigenvalue weighted by Gasteiger charge is 2.31. The fraction of sp³-hybridized carbons (Fsp3) is 0. The number of fused-ring (bicyclic) bond motifs is 2. The summed E-state index contributed by atoms with van der Waals surface area (Å²) in [6, 6.07) is 21.5. The van der Waals surface area contributed by atoms with Gasteiger partial charge in [-0.3, -0.25) is 4.79 Å². The van der Waals surface area contributed by atoms with E-state index in [-0.39, 0.29) is 5.78 Å². The average Bonchev–Trinajstić information content (AvgIpc) is 3.06. The van der Waals surface area contributed by atoms with E-state index < -0.39 is 0 Å². The van der Waals surface area contributed by atoms with Gasteiger partial charge in [0, 0.05) is 26.5 Å². The second kappa shape index (κ2) is 5.08. The summed E-state index contributed by atoms with van der Waals surface area (Å²) in [6.45, 7) is 0. The molecule has 4 heteroatoms. The van der Waals surface area contributed by atoms with Crippen LogP contribution in [0.15, 0.2) is 81.0 Å². The van der Waals surface area contributed by atoms with Crippen molar-refractivity contribution in [1.29, 1.82) is 0 Å². The monoisotopic (exact) mass is 329 g/mol. The highest BCUT2D eigenvalue weighted by Crippen LogP contribution is 2.44. The minimum Gasteiger partial charge on any atom is -0.355 e. The van der Waals surface area contributed by atoms with Crippen molar-refractivity contribution in [3.8, 4) is 11.3 Å². The van der Waals surface area contributed by atoms with Gasteiger partial charge in [0.05, 0.1) is 5.39 Å². The normalized spacial score (nSPS) is 12.4. The maximum absolute atomic E-state index is 13.1. The molecule has 3 nitrogen and oxygen atoms in total. The maximum atomic E-state index is 13.1. The molecule has 0 saturated heterocycles. The van der Waals surface area contributed by atoms with Gasteiger partial charge in [0.1, 0.15) is 5.52 Å². The number of ketones is 1. The molecule has 0 N–H and O–H groups in total. The fourth-order valence-corrected chi connectivity index (χ4v) is 4.12. The highest BCUT2D eigenvalue weighted by molar-refractivity contribution is 7.99. The third kappa shape index (κ3) is 1.87. The Kier molecular flexibility index (Phi) is 2.87. The van der Waals surface area contributed by atoms with Crippen LogP contribution in [0, 0.1) is 0 Å². The van der Waals surface area contributed by atoms with E-state index in [9.17, 15) is 4.79 Å². The summed E-state index contributed by atoms with van der Waals surface area (Å²) in [5.41, 5.74) is 2.90. The van der Waals surface area contributed by atoms with Gasteiger partial charge in [0.2, 0.25) is 0 Å². The molecule has 0 radical (unpaired) electrons. The Balaban J connectivity index is 1.79. The second-order valence-electron chi connectivity index (χ2n) is 5.63. The third-order valence-corrected chi connectivity index (χ3v) is 5.29. The largest absolute Gasteiger partial charge is 0.355 e. The van der Waals surface area contributed by atoms with Crippen LogP contribution < -0.4 is 0 Å². The van der Waals surface area contributed by atoms with Crippen molar-refractivity contribution in [1.82, 2.24) is 5.16 Å². The molecule has 1 heterocycles. The minimum atomic E-state index is 0.0327. The summed E-state index contributed by atoms with van der Waals surface area (Å²) < 4.78 is 5.56. The molecule has 0 spiro atoms. The van der Waals surface area contributed by atoms with Gasteiger partial charge in [0.15, 0.2) is 11.5 Å². The number of aromatic nitrogens is 1. The Hall–Kier alpha value is -2.85. The summed E-state index contributed by atoms with van der Waals surface area (Å²) in [6.07, 6.45) is 0. The lowest BCUT2D eigenvalue weighted by atomic mass is 9.88. The Morgan fingerprint density at radius 1 is 0.833 bits per heavy atom. The van der Waals surface area contributed by atoms with E-state index in [0.717, 1.165) is 26.3 Å². The van der Waals surface area contributed by atoms with Gasteiger partial charge in [0.25, 0.3) is 0 Å². The molecule has 0 unspecified atom stereocenters. The zero-order chi connectivity index (χ0) is 16.1. The summed E-state index contributed by atoms with van der Waals surface area (Å²) in [4.78, 5) is 15.1. The fourth-order valence-electron chi connectivity index (χ4n) is 3.14. The molecule has 4 aromatic rings. The number of carbonyl (C=O) groups excluding carboxylic acids is 1. The van der Waals surface area contributed by atoms with E-state index >= 15 is 0 Å². The summed E-state index contributed by atoms with van der Waals surface area (Å²) in [5, 5.41) is 4.95. The molecule has 0 amide bonds. The Morgan fingerprint density at radius 2 is 1.58 bits per heavy atom. The number of benzene rings is 3. The van der Waals surface area contributed by atoms with Gasteiger partial charge in [-0.05, 0) is 24.3 Å². The van der Waals surface area contributed by atoms with Crippen LogP contribution in [0.1, 0.15) is 15.9 Å². The van der Waals surface area contributed by atoms with Crippen LogP contribution in [0.4, 0.5) is 0 Å². The lowest BCUT2D eigenvalue weighted by Gasteiger charge is -2.16. The Labute approximate surface area is 142 Å². The molecule has 1 aliphatic carbocycles. The lowest BCUT2D eigenvalue weighted by molar-refractivity contribution is 0.103. The number of hydrogen-bond donors (Lipinski definition) is 0. The van der Waals surface area contributed by atoms with E-state index in [4.69, 9.17) is 4.52 Å². The van der Waals surface area contributed by atoms with Crippen LogP contribution >= 0.6 is 11.8 Å². The van der Waals surface area contributed by atoms with Crippen LogP contribution in [-0.2, 0) is 0 Å². The van der Waals surface area contributed by atoms with Crippen molar-refractivity contribution in [2.75, 3.05) is 0 Å². The molecular weight excluding hydrogens is 318 g/mol. The molecule has 0 aliphatic heterocycles. The van der Waals surface area contributed by atoms with E-state index in [1.807, 2.05) is 66.7 Å². The molecule has 0 fully saturated rings. The maximum Gasteiger partial charge on any atom is 0.195 e. The summed E-state index contributed by atoms with van der Waals surface area (Å²) in [5.74, 6) is 0.719. The molecule has 24 heavy (non-hydrogen) atoms. The third-order valence-electron chi connectivity index (χ3n) is 4.22. The van der Waals surface area contributed by atoms with Crippen LogP contribution in [0.2, 0.25) is 0 Å². The lowest BCUT2D eigenvalue weighted by Crippen LogP contribution is -2.09. The zero-order valence-corrected chi connectivity index (χ0v) is 13.3. The van der Waals surface area contributed by atoms with E-state index in [1.165, 1.54) is 0 Å². The van der Waals surface area contributed by atoms with Crippen LogP contribution in [0.3, 0.4) is 0 Å². The summed E-state index contributed by atoms with van der Waals surface area (Å²) >= 11 is 1.59.